The van der Waals surface area contributed by atoms with Crippen LogP contribution in [0.2, 0.25) is 30.7 Å². The summed E-state index contributed by atoms with van der Waals surface area (Å²) in [6, 6.07) is 25.9. The Kier molecular flexibility index (Phi) is 11.8. The first-order chi connectivity index (χ1) is 21.3. The fraction of sp³-hybridized carbons (Fsp3) is 0.333. The number of fused-ring (bicyclic) bond motifs is 1. The van der Waals surface area contributed by atoms with Crippen LogP contribution in [-0.2, 0) is 30.3 Å². The van der Waals surface area contributed by atoms with Crippen molar-refractivity contribution >= 4 is 58.8 Å². The van der Waals surface area contributed by atoms with Crippen LogP contribution in [0.4, 0.5) is 0 Å². The molecule has 1 aromatic heterocycles. The minimum Gasteiger partial charge on any atom is -0.466 e. The van der Waals surface area contributed by atoms with Crippen molar-refractivity contribution in [2.24, 2.45) is 0 Å². The fourth-order valence-corrected chi connectivity index (χ4v) is 6.70. The number of halogens is 1. The van der Waals surface area contributed by atoms with E-state index < -0.39 is 24.3 Å². The van der Waals surface area contributed by atoms with Crippen molar-refractivity contribution in [2.75, 3.05) is 12.9 Å². The van der Waals surface area contributed by atoms with Gasteiger partial charge in [0.15, 0.2) is 0 Å². The number of rotatable bonds is 14. The lowest BCUT2D eigenvalue weighted by atomic mass is 9.89. The molecular formula is C36H42ClNO5SSi. The highest BCUT2D eigenvalue weighted by molar-refractivity contribution is 7.86. The standard InChI is InChI=1S/C36H42ClNO5SSi/c1-6-32(36(39)42-22-23-45(3,4)5)33-13-8-7-11-27(33)17-21-35(43-44(2,40)41)29-12-9-10-26(24-29)14-19-31-20-16-28-15-18-30(37)25-34(28)38-31/h7-16,18-20,24-25,32,35H,6,17,21-23H2,1-5H3/t32-,35-/m1/s1. The molecule has 238 valence electrons. The van der Waals surface area contributed by atoms with Crippen LogP contribution in [0.5, 0.6) is 0 Å². The Balaban J connectivity index is 1.53. The molecule has 6 nitrogen and oxygen atoms in total. The number of aryl methyl sites for hydroxylation is 1. The molecule has 0 N–H and O–H groups in total. The zero-order valence-corrected chi connectivity index (χ0v) is 29.2. The molecule has 45 heavy (non-hydrogen) atoms. The van der Waals surface area contributed by atoms with Gasteiger partial charge in [0.05, 0.1) is 30.0 Å². The van der Waals surface area contributed by atoms with Crippen LogP contribution in [0, 0.1) is 0 Å². The summed E-state index contributed by atoms with van der Waals surface area (Å²) < 4.78 is 36.0. The highest BCUT2D eigenvalue weighted by Gasteiger charge is 2.25. The predicted molar refractivity (Wildman–Crippen MR) is 188 cm³/mol. The maximum absolute atomic E-state index is 13.1. The van der Waals surface area contributed by atoms with E-state index in [9.17, 15) is 13.2 Å². The van der Waals surface area contributed by atoms with Gasteiger partial charge in [0.2, 0.25) is 0 Å². The van der Waals surface area contributed by atoms with Gasteiger partial charge in [-0.15, -0.1) is 0 Å². The molecular weight excluding hydrogens is 622 g/mol. The molecule has 0 bridgehead atoms. The molecule has 0 saturated heterocycles. The van der Waals surface area contributed by atoms with Crippen molar-refractivity contribution < 1.29 is 22.1 Å². The van der Waals surface area contributed by atoms with Crippen molar-refractivity contribution in [3.05, 3.63) is 112 Å². The second-order valence-electron chi connectivity index (χ2n) is 12.5. The summed E-state index contributed by atoms with van der Waals surface area (Å²) in [5.74, 6) is -0.596. The molecule has 0 unspecified atom stereocenters. The summed E-state index contributed by atoms with van der Waals surface area (Å²) in [5, 5.41) is 1.64. The third kappa shape index (κ3) is 10.6. The summed E-state index contributed by atoms with van der Waals surface area (Å²) in [4.78, 5) is 17.8. The van der Waals surface area contributed by atoms with E-state index in [1.807, 2.05) is 97.9 Å². The molecule has 0 saturated carbocycles. The van der Waals surface area contributed by atoms with E-state index >= 15 is 0 Å². The van der Waals surface area contributed by atoms with E-state index in [0.717, 1.165) is 51.2 Å². The maximum atomic E-state index is 13.1. The Labute approximate surface area is 273 Å². The van der Waals surface area contributed by atoms with E-state index in [0.29, 0.717) is 30.9 Å². The van der Waals surface area contributed by atoms with Crippen LogP contribution in [0.1, 0.15) is 59.7 Å². The van der Waals surface area contributed by atoms with Crippen molar-refractivity contribution in [3.63, 3.8) is 0 Å². The van der Waals surface area contributed by atoms with Gasteiger partial charge in [-0.3, -0.25) is 8.98 Å². The summed E-state index contributed by atoms with van der Waals surface area (Å²) in [6.45, 7) is 9.19. The second-order valence-corrected chi connectivity index (χ2v) is 20.2. The zero-order valence-electron chi connectivity index (χ0n) is 26.6. The Bertz CT molecular complexity index is 1770. The summed E-state index contributed by atoms with van der Waals surface area (Å²) in [7, 11) is -5.07. The lowest BCUT2D eigenvalue weighted by Crippen LogP contribution is -2.24. The average Bonchev–Trinajstić information content (AvgIpc) is 2.98. The normalized spacial score (nSPS) is 13.6. The first kappa shape index (κ1) is 34.6. The minimum absolute atomic E-state index is 0.212. The Morgan fingerprint density at radius 2 is 1.73 bits per heavy atom. The van der Waals surface area contributed by atoms with E-state index in [1.165, 1.54) is 0 Å². The number of carbonyl (C=O) groups excluding carboxylic acids is 1. The number of esters is 1. The van der Waals surface area contributed by atoms with E-state index in [2.05, 4.69) is 24.6 Å². The number of pyridine rings is 1. The smallest absolute Gasteiger partial charge is 0.313 e. The lowest BCUT2D eigenvalue weighted by molar-refractivity contribution is -0.145. The summed E-state index contributed by atoms with van der Waals surface area (Å²) in [6.07, 6.45) is 5.76. The monoisotopic (exact) mass is 663 g/mol. The molecule has 2 atom stereocenters. The zero-order chi connectivity index (χ0) is 32.6. The molecule has 0 radical (unpaired) electrons. The highest BCUT2D eigenvalue weighted by atomic mass is 35.5. The molecule has 0 spiro atoms. The number of ether oxygens (including phenoxy) is 1. The van der Waals surface area contributed by atoms with Gasteiger partial charge in [0.1, 0.15) is 6.10 Å². The molecule has 0 fully saturated rings. The van der Waals surface area contributed by atoms with Crippen molar-refractivity contribution in [1.29, 1.82) is 0 Å². The van der Waals surface area contributed by atoms with Crippen molar-refractivity contribution in [1.82, 2.24) is 4.98 Å². The number of nitrogens with zero attached hydrogens (tertiary/aromatic N) is 1. The molecule has 0 amide bonds. The number of hydrogen-bond acceptors (Lipinski definition) is 6. The lowest BCUT2D eigenvalue weighted by Gasteiger charge is -2.22. The number of aromatic nitrogens is 1. The topological polar surface area (TPSA) is 82.6 Å². The molecule has 4 aromatic rings. The maximum Gasteiger partial charge on any atom is 0.313 e. The Hall–Kier alpha value is -3.30. The third-order valence-corrected chi connectivity index (χ3v) is 10.1. The van der Waals surface area contributed by atoms with Crippen LogP contribution < -0.4 is 0 Å². The molecule has 3 aromatic carbocycles. The van der Waals surface area contributed by atoms with Gasteiger partial charge in [-0.25, -0.2) is 4.98 Å². The first-order valence-corrected chi connectivity index (χ1v) is 21.2. The molecule has 0 aliphatic heterocycles. The van der Waals surface area contributed by atoms with Gasteiger partial charge in [-0.2, -0.15) is 8.42 Å². The van der Waals surface area contributed by atoms with Gasteiger partial charge in [0, 0.05) is 18.5 Å². The Morgan fingerprint density at radius 1 is 0.978 bits per heavy atom. The first-order valence-electron chi connectivity index (χ1n) is 15.3. The third-order valence-electron chi connectivity index (χ3n) is 7.59. The number of hydrogen-bond donors (Lipinski definition) is 0. The SMILES string of the molecule is CC[C@@H](C(=O)OCC[Si](C)(C)C)c1ccccc1CC[C@@H](OS(C)(=O)=O)c1cccc(C=Cc2ccc3ccc(Cl)cc3n2)c1. The molecule has 9 heteroatoms. The Morgan fingerprint density at radius 3 is 2.47 bits per heavy atom. The second kappa shape index (κ2) is 15.3. The largest absolute Gasteiger partial charge is 0.466 e. The van der Waals surface area contributed by atoms with E-state index in [1.54, 1.807) is 0 Å². The summed E-state index contributed by atoms with van der Waals surface area (Å²) in [5.41, 5.74) is 5.11. The molecule has 0 aliphatic rings. The minimum atomic E-state index is -3.74. The number of benzene rings is 3. The van der Waals surface area contributed by atoms with Crippen LogP contribution in [0.15, 0.2) is 78.9 Å². The molecule has 1 heterocycles. The van der Waals surface area contributed by atoms with Gasteiger partial charge >= 0.3 is 5.97 Å². The van der Waals surface area contributed by atoms with Crippen molar-refractivity contribution in [3.8, 4) is 0 Å². The van der Waals surface area contributed by atoms with E-state index in [-0.39, 0.29) is 11.9 Å². The van der Waals surface area contributed by atoms with Gasteiger partial charge in [0.25, 0.3) is 10.1 Å². The van der Waals surface area contributed by atoms with Crippen LogP contribution in [-0.4, -0.2) is 40.3 Å². The van der Waals surface area contributed by atoms with Crippen molar-refractivity contribution in [2.45, 2.75) is 63.9 Å². The van der Waals surface area contributed by atoms with Crippen LogP contribution >= 0.6 is 11.6 Å². The molecule has 0 aliphatic carbocycles. The average molecular weight is 664 g/mol. The molecule has 4 rings (SSSR count). The predicted octanol–water partition coefficient (Wildman–Crippen LogP) is 9.08. The van der Waals surface area contributed by atoms with Crippen LogP contribution in [0.3, 0.4) is 0 Å². The quantitative estimate of drug-likeness (QED) is 0.0760. The fourth-order valence-electron chi connectivity index (χ4n) is 5.19. The van der Waals surface area contributed by atoms with Gasteiger partial charge in [-0.1, -0.05) is 98.8 Å². The van der Waals surface area contributed by atoms with Gasteiger partial charge in [-0.05, 0) is 77.9 Å². The van der Waals surface area contributed by atoms with Crippen LogP contribution in [0.25, 0.3) is 23.1 Å². The number of carbonyl (C=O) groups is 1. The van der Waals surface area contributed by atoms with E-state index in [4.69, 9.17) is 20.5 Å². The highest BCUT2D eigenvalue weighted by Crippen LogP contribution is 2.31. The van der Waals surface area contributed by atoms with Gasteiger partial charge < -0.3 is 4.74 Å². The summed E-state index contributed by atoms with van der Waals surface area (Å²) >= 11 is 6.15.